The van der Waals surface area contributed by atoms with Crippen LogP contribution < -0.4 is 11.1 Å². The molecule has 0 radical (unpaired) electrons. The summed E-state index contributed by atoms with van der Waals surface area (Å²) in [7, 11) is 1.39. The SMILES string of the molecule is CCCCCCCCCCCCCCCC(CC)NC(=O)ON(CCC)C(=O)OCC(COC(N)=O)OC. The van der Waals surface area contributed by atoms with E-state index in [9.17, 15) is 14.4 Å². The van der Waals surface area contributed by atoms with Gasteiger partial charge < -0.3 is 30.1 Å². The Bertz CT molecular complexity index is 607. The predicted molar refractivity (Wildman–Crippen MR) is 149 cm³/mol. The first-order valence-electron chi connectivity index (χ1n) is 14.8. The molecule has 0 aromatic heterocycles. The van der Waals surface area contributed by atoms with Gasteiger partial charge in [-0.15, -0.1) is 5.06 Å². The number of rotatable bonds is 23. The number of unbranched alkanes of at least 4 members (excludes halogenated alkanes) is 12. The zero-order valence-electron chi connectivity index (χ0n) is 24.5. The average Bonchev–Trinajstić information content (AvgIpc) is 2.90. The largest absolute Gasteiger partial charge is 0.447 e. The maximum Gasteiger partial charge on any atom is 0.443 e. The van der Waals surface area contributed by atoms with Gasteiger partial charge in [-0.3, -0.25) is 0 Å². The van der Waals surface area contributed by atoms with Crippen LogP contribution in [0.1, 0.15) is 124 Å². The van der Waals surface area contributed by atoms with Gasteiger partial charge in [-0.2, -0.15) is 0 Å². The summed E-state index contributed by atoms with van der Waals surface area (Å²) >= 11 is 0. The van der Waals surface area contributed by atoms with E-state index in [0.29, 0.717) is 6.42 Å². The van der Waals surface area contributed by atoms with Gasteiger partial charge in [0.2, 0.25) is 0 Å². The summed E-state index contributed by atoms with van der Waals surface area (Å²) in [5.41, 5.74) is 4.93. The molecule has 0 rings (SSSR count). The number of hydrogen-bond donors (Lipinski definition) is 2. The number of hydroxylamine groups is 2. The molecule has 2 atom stereocenters. The van der Waals surface area contributed by atoms with E-state index in [-0.39, 0.29) is 25.8 Å². The molecule has 0 fully saturated rings. The van der Waals surface area contributed by atoms with Crippen molar-refractivity contribution in [1.29, 1.82) is 0 Å². The van der Waals surface area contributed by atoms with Gasteiger partial charge in [0.25, 0.3) is 0 Å². The van der Waals surface area contributed by atoms with Crippen molar-refractivity contribution in [2.75, 3.05) is 26.9 Å². The Hall–Kier alpha value is -2.23. The number of carbonyl (C=O) groups is 3. The van der Waals surface area contributed by atoms with Gasteiger partial charge in [0.15, 0.2) is 0 Å². The molecular weight excluding hydrogens is 490 g/mol. The molecule has 10 nitrogen and oxygen atoms in total. The highest BCUT2D eigenvalue weighted by Gasteiger charge is 2.23. The van der Waals surface area contributed by atoms with Gasteiger partial charge in [-0.05, 0) is 19.3 Å². The lowest BCUT2D eigenvalue weighted by Gasteiger charge is -2.23. The van der Waals surface area contributed by atoms with Crippen molar-refractivity contribution in [1.82, 2.24) is 10.4 Å². The minimum atomic E-state index is -0.949. The molecule has 3 amide bonds. The van der Waals surface area contributed by atoms with E-state index in [0.717, 1.165) is 30.7 Å². The number of amides is 3. The van der Waals surface area contributed by atoms with E-state index >= 15 is 0 Å². The molecule has 3 N–H and O–H groups in total. The normalized spacial score (nSPS) is 12.4. The molecule has 10 heteroatoms. The van der Waals surface area contributed by atoms with Gasteiger partial charge in [-0.1, -0.05) is 104 Å². The Labute approximate surface area is 230 Å². The summed E-state index contributed by atoms with van der Waals surface area (Å²) in [6.07, 6.45) is 16.0. The van der Waals surface area contributed by atoms with E-state index in [1.165, 1.54) is 77.7 Å². The van der Waals surface area contributed by atoms with Crippen LogP contribution in [0, 0.1) is 0 Å². The molecule has 224 valence electrons. The molecule has 38 heavy (non-hydrogen) atoms. The Morgan fingerprint density at radius 3 is 1.76 bits per heavy atom. The molecular formula is C28H55N3O7. The Morgan fingerprint density at radius 2 is 1.29 bits per heavy atom. The number of ether oxygens (including phenoxy) is 3. The summed E-state index contributed by atoms with van der Waals surface area (Å²) in [6.45, 7) is 5.95. The van der Waals surface area contributed by atoms with Gasteiger partial charge in [0.1, 0.15) is 19.3 Å². The van der Waals surface area contributed by atoms with Crippen LogP contribution in [0.15, 0.2) is 0 Å². The van der Waals surface area contributed by atoms with E-state index in [4.69, 9.17) is 20.0 Å². The van der Waals surface area contributed by atoms with Crippen molar-refractivity contribution in [3.05, 3.63) is 0 Å². The topological polar surface area (TPSA) is 129 Å². The number of primary amides is 1. The Kier molecular flexibility index (Phi) is 23.6. The molecule has 0 aromatic rings. The highest BCUT2D eigenvalue weighted by Crippen LogP contribution is 2.14. The minimum Gasteiger partial charge on any atom is -0.447 e. The van der Waals surface area contributed by atoms with Crippen LogP contribution in [0.25, 0.3) is 0 Å². The molecule has 0 aliphatic carbocycles. The van der Waals surface area contributed by atoms with Gasteiger partial charge in [-0.25, -0.2) is 14.4 Å². The fraction of sp³-hybridized carbons (Fsp3) is 0.893. The quantitative estimate of drug-likeness (QED) is 0.106. The second kappa shape index (κ2) is 25.1. The first-order chi connectivity index (χ1) is 18.4. The van der Waals surface area contributed by atoms with Crippen molar-refractivity contribution >= 4 is 18.3 Å². The lowest BCUT2D eigenvalue weighted by Crippen LogP contribution is -2.42. The first-order valence-corrected chi connectivity index (χ1v) is 14.8. The van der Waals surface area contributed by atoms with E-state index in [1.54, 1.807) is 0 Å². The number of hydrogen-bond acceptors (Lipinski definition) is 7. The van der Waals surface area contributed by atoms with E-state index < -0.39 is 24.4 Å². The molecule has 0 aliphatic rings. The number of nitrogens with two attached hydrogens (primary N) is 1. The smallest absolute Gasteiger partial charge is 0.443 e. The maximum atomic E-state index is 12.4. The first kappa shape index (κ1) is 35.8. The fourth-order valence-electron chi connectivity index (χ4n) is 4.05. The number of nitrogens with one attached hydrogen (secondary N) is 1. The third kappa shape index (κ3) is 20.8. The number of carbonyl (C=O) groups excluding carboxylic acids is 3. The van der Waals surface area contributed by atoms with Crippen LogP contribution in [-0.2, 0) is 19.0 Å². The van der Waals surface area contributed by atoms with Crippen molar-refractivity contribution in [3.8, 4) is 0 Å². The van der Waals surface area contributed by atoms with Crippen LogP contribution in [0.5, 0.6) is 0 Å². The van der Waals surface area contributed by atoms with Gasteiger partial charge in [0.05, 0.1) is 6.54 Å². The highest BCUT2D eigenvalue weighted by atomic mass is 16.8. The minimum absolute atomic E-state index is 0.0153. The molecule has 0 heterocycles. The van der Waals surface area contributed by atoms with Crippen molar-refractivity contribution < 1.29 is 33.4 Å². The molecule has 0 saturated carbocycles. The lowest BCUT2D eigenvalue weighted by molar-refractivity contribution is -0.0934. The van der Waals surface area contributed by atoms with Gasteiger partial charge in [0, 0.05) is 13.2 Å². The van der Waals surface area contributed by atoms with Crippen LogP contribution in [0.4, 0.5) is 14.4 Å². The number of nitrogens with zero attached hydrogens (tertiary/aromatic N) is 1. The summed E-state index contributed by atoms with van der Waals surface area (Å²) in [5, 5.41) is 3.74. The van der Waals surface area contributed by atoms with Crippen molar-refractivity contribution in [3.63, 3.8) is 0 Å². The van der Waals surface area contributed by atoms with Crippen LogP contribution in [-0.4, -0.2) is 62.4 Å². The second-order valence-corrected chi connectivity index (χ2v) is 9.83. The molecule has 0 spiro atoms. The van der Waals surface area contributed by atoms with Crippen LogP contribution >= 0.6 is 0 Å². The maximum absolute atomic E-state index is 12.4. The number of methoxy groups -OCH3 is 1. The third-order valence-electron chi connectivity index (χ3n) is 6.43. The second-order valence-electron chi connectivity index (χ2n) is 9.83. The van der Waals surface area contributed by atoms with E-state index in [2.05, 4.69) is 17.0 Å². The van der Waals surface area contributed by atoms with Crippen LogP contribution in [0.2, 0.25) is 0 Å². The average molecular weight is 546 g/mol. The highest BCUT2D eigenvalue weighted by molar-refractivity contribution is 5.72. The summed E-state index contributed by atoms with van der Waals surface area (Å²) in [4.78, 5) is 40.8. The molecule has 0 bridgehead atoms. The van der Waals surface area contributed by atoms with Gasteiger partial charge >= 0.3 is 18.3 Å². The summed E-state index contributed by atoms with van der Waals surface area (Å²) in [5.74, 6) is 0. The zero-order chi connectivity index (χ0) is 28.4. The third-order valence-corrected chi connectivity index (χ3v) is 6.43. The monoisotopic (exact) mass is 545 g/mol. The molecule has 0 aromatic carbocycles. The van der Waals surface area contributed by atoms with Crippen LogP contribution in [0.3, 0.4) is 0 Å². The summed E-state index contributed by atoms with van der Waals surface area (Å²) in [6, 6.07) is -0.0153. The standard InChI is InChI=1S/C28H55N3O7/c1-5-8-9-10-11-12-13-14-15-16-17-18-19-20-24(7-3)30-27(33)38-31(21-6-2)28(34)37-23-25(35-4)22-36-26(29)32/h24-25H,5-23H2,1-4H3,(H2,29,32)(H,30,33). The van der Waals surface area contributed by atoms with Crippen molar-refractivity contribution in [2.45, 2.75) is 136 Å². The predicted octanol–water partition coefficient (Wildman–Crippen LogP) is 6.85. The molecule has 0 aliphatic heterocycles. The lowest BCUT2D eigenvalue weighted by atomic mass is 10.0. The fourth-order valence-corrected chi connectivity index (χ4v) is 4.05. The Balaban J connectivity index is 4.14. The molecule has 2 unspecified atom stereocenters. The molecule has 0 saturated heterocycles. The van der Waals surface area contributed by atoms with E-state index in [1.807, 2.05) is 13.8 Å². The zero-order valence-corrected chi connectivity index (χ0v) is 24.5. The Morgan fingerprint density at radius 1 is 0.763 bits per heavy atom. The summed E-state index contributed by atoms with van der Waals surface area (Å²) < 4.78 is 14.9. The van der Waals surface area contributed by atoms with Crippen molar-refractivity contribution in [2.24, 2.45) is 5.73 Å².